The first-order valence-corrected chi connectivity index (χ1v) is 8.96. The van der Waals surface area contributed by atoms with Crippen molar-refractivity contribution in [3.63, 3.8) is 0 Å². The highest BCUT2D eigenvalue weighted by Crippen LogP contribution is 2.31. The molecule has 0 saturated carbocycles. The third kappa shape index (κ3) is 2.92. The molecule has 0 bridgehead atoms. The molecule has 0 aliphatic carbocycles. The van der Waals surface area contributed by atoms with E-state index >= 15 is 0 Å². The molecule has 1 aromatic carbocycles. The minimum atomic E-state index is 0.438. The van der Waals surface area contributed by atoms with E-state index in [1.54, 1.807) is 0 Å². The van der Waals surface area contributed by atoms with Crippen molar-refractivity contribution in [2.24, 2.45) is 0 Å². The molecular formula is C19H21ClN4. The third-order valence-corrected chi connectivity index (χ3v) is 5.24. The van der Waals surface area contributed by atoms with Gasteiger partial charge in [-0.25, -0.2) is 9.97 Å². The first-order valence-electron chi connectivity index (χ1n) is 8.58. The number of piperidine rings is 1. The quantitative estimate of drug-likeness (QED) is 0.736. The third-order valence-electron chi connectivity index (χ3n) is 4.91. The van der Waals surface area contributed by atoms with Crippen molar-refractivity contribution < 1.29 is 0 Å². The van der Waals surface area contributed by atoms with Gasteiger partial charge in [-0.15, -0.1) is 0 Å². The van der Waals surface area contributed by atoms with Crippen molar-refractivity contribution in [2.45, 2.75) is 38.1 Å². The lowest BCUT2D eigenvalue weighted by atomic mass is 9.90. The minimum absolute atomic E-state index is 0.438. The van der Waals surface area contributed by atoms with Crippen LogP contribution >= 0.6 is 11.6 Å². The summed E-state index contributed by atoms with van der Waals surface area (Å²) in [7, 11) is 0. The Bertz CT molecular complexity index is 857. The van der Waals surface area contributed by atoms with E-state index in [0.717, 1.165) is 58.9 Å². The Morgan fingerprint density at radius 2 is 2.17 bits per heavy atom. The summed E-state index contributed by atoms with van der Waals surface area (Å²) in [6.45, 7) is 3.27. The maximum Gasteiger partial charge on any atom is 0.141 e. The predicted octanol–water partition coefficient (Wildman–Crippen LogP) is 4.52. The zero-order valence-corrected chi connectivity index (χ0v) is 14.5. The monoisotopic (exact) mass is 340 g/mol. The molecule has 24 heavy (non-hydrogen) atoms. The molecule has 0 spiro atoms. The molecule has 1 saturated heterocycles. The smallest absolute Gasteiger partial charge is 0.141 e. The number of hydrogen-bond acceptors (Lipinski definition) is 3. The molecule has 0 amide bonds. The summed E-state index contributed by atoms with van der Waals surface area (Å²) in [4.78, 5) is 12.8. The van der Waals surface area contributed by atoms with Crippen LogP contribution in [0, 0.1) is 0 Å². The van der Waals surface area contributed by atoms with Crippen LogP contribution in [-0.2, 0) is 0 Å². The first-order chi connectivity index (χ1) is 11.7. The summed E-state index contributed by atoms with van der Waals surface area (Å²) >= 11 is 6.31. The molecule has 3 aromatic rings. The van der Waals surface area contributed by atoms with Crippen molar-refractivity contribution in [3.8, 4) is 11.3 Å². The van der Waals surface area contributed by atoms with E-state index in [-0.39, 0.29) is 0 Å². The van der Waals surface area contributed by atoms with Gasteiger partial charge in [0.25, 0.3) is 0 Å². The number of fused-ring (bicyclic) bond motifs is 1. The molecule has 5 heteroatoms. The zero-order chi connectivity index (χ0) is 16.5. The van der Waals surface area contributed by atoms with Crippen LogP contribution in [0.4, 0.5) is 0 Å². The van der Waals surface area contributed by atoms with Gasteiger partial charge in [0.05, 0.1) is 0 Å². The van der Waals surface area contributed by atoms with Gasteiger partial charge < -0.3 is 10.3 Å². The summed E-state index contributed by atoms with van der Waals surface area (Å²) in [6.07, 6.45) is 5.29. The number of rotatable bonds is 3. The van der Waals surface area contributed by atoms with Gasteiger partial charge >= 0.3 is 0 Å². The molecule has 1 aliphatic rings. The lowest BCUT2D eigenvalue weighted by molar-refractivity contribution is 0.347. The van der Waals surface area contributed by atoms with Crippen LogP contribution in [0.2, 0.25) is 5.02 Å². The Kier molecular flexibility index (Phi) is 4.25. The highest BCUT2D eigenvalue weighted by Gasteiger charge is 2.24. The summed E-state index contributed by atoms with van der Waals surface area (Å²) in [5, 5.41) is 5.32. The average Bonchev–Trinajstić information content (AvgIpc) is 3.05. The fourth-order valence-electron chi connectivity index (χ4n) is 3.50. The van der Waals surface area contributed by atoms with Crippen LogP contribution < -0.4 is 5.32 Å². The van der Waals surface area contributed by atoms with E-state index in [1.807, 2.05) is 30.5 Å². The fourth-order valence-corrected chi connectivity index (χ4v) is 3.74. The Hall–Kier alpha value is -1.91. The normalized spacial score (nSPS) is 21.2. The summed E-state index contributed by atoms with van der Waals surface area (Å²) < 4.78 is 0. The lowest BCUT2D eigenvalue weighted by Gasteiger charge is -2.28. The molecule has 124 valence electrons. The van der Waals surface area contributed by atoms with Crippen LogP contribution in [0.3, 0.4) is 0 Å². The Morgan fingerprint density at radius 3 is 3.00 bits per heavy atom. The summed E-state index contributed by atoms with van der Waals surface area (Å²) in [5.74, 6) is 1.39. The molecule has 2 atom stereocenters. The van der Waals surface area contributed by atoms with E-state index < -0.39 is 0 Å². The van der Waals surface area contributed by atoms with Gasteiger partial charge in [-0.1, -0.05) is 36.7 Å². The number of nitrogens with one attached hydrogen (secondary N) is 2. The highest BCUT2D eigenvalue weighted by atomic mass is 35.5. The lowest BCUT2D eigenvalue weighted by Crippen LogP contribution is -2.37. The van der Waals surface area contributed by atoms with E-state index in [0.29, 0.717) is 12.0 Å². The Balaban J connectivity index is 1.68. The molecular weight excluding hydrogens is 320 g/mol. The molecule has 0 radical (unpaired) electrons. The molecule has 1 fully saturated rings. The summed E-state index contributed by atoms with van der Waals surface area (Å²) in [6, 6.07) is 10.5. The number of nitrogens with zero attached hydrogens (tertiary/aromatic N) is 2. The number of halogens is 1. The number of H-pyrrole nitrogens is 1. The Labute approximate surface area is 146 Å². The van der Waals surface area contributed by atoms with E-state index in [2.05, 4.69) is 28.3 Å². The second-order valence-electron chi connectivity index (χ2n) is 6.48. The molecule has 2 N–H and O–H groups in total. The average molecular weight is 341 g/mol. The highest BCUT2D eigenvalue weighted by molar-refractivity contribution is 6.33. The van der Waals surface area contributed by atoms with Crippen molar-refractivity contribution >= 4 is 22.6 Å². The number of benzene rings is 1. The van der Waals surface area contributed by atoms with Crippen LogP contribution in [0.1, 0.15) is 37.9 Å². The van der Waals surface area contributed by atoms with E-state index in [4.69, 9.17) is 16.6 Å². The largest absolute Gasteiger partial charge is 0.339 e. The molecule has 2 unspecified atom stereocenters. The second-order valence-corrected chi connectivity index (χ2v) is 6.88. The maximum absolute atomic E-state index is 6.31. The van der Waals surface area contributed by atoms with Gasteiger partial charge in [-0.3, -0.25) is 0 Å². The standard InChI is InChI=1S/C19H21ClN4/c1-2-14-9-12(7-8-21-14)18-22-11-13-10-17(23-19(13)24-18)15-5-3-4-6-16(15)20/h3-6,10-12,14,21H,2,7-9H2,1H3,(H,22,23,24). The van der Waals surface area contributed by atoms with Gasteiger partial charge in [-0.2, -0.15) is 0 Å². The van der Waals surface area contributed by atoms with Crippen LogP contribution in [-0.4, -0.2) is 27.5 Å². The van der Waals surface area contributed by atoms with Crippen molar-refractivity contribution in [3.05, 3.63) is 47.4 Å². The predicted molar refractivity (Wildman–Crippen MR) is 98.4 cm³/mol. The van der Waals surface area contributed by atoms with Crippen LogP contribution in [0.15, 0.2) is 36.5 Å². The number of hydrogen-bond donors (Lipinski definition) is 2. The molecule has 1 aliphatic heterocycles. The minimum Gasteiger partial charge on any atom is -0.339 e. The molecule has 3 heterocycles. The van der Waals surface area contributed by atoms with Gasteiger partial charge in [0.1, 0.15) is 11.5 Å². The van der Waals surface area contributed by atoms with Crippen molar-refractivity contribution in [2.75, 3.05) is 6.54 Å². The van der Waals surface area contributed by atoms with Crippen molar-refractivity contribution in [1.29, 1.82) is 0 Å². The van der Waals surface area contributed by atoms with Gasteiger partial charge in [0.2, 0.25) is 0 Å². The second kappa shape index (κ2) is 6.54. The first kappa shape index (κ1) is 15.6. The number of aromatic amines is 1. The van der Waals surface area contributed by atoms with Crippen molar-refractivity contribution in [1.82, 2.24) is 20.3 Å². The van der Waals surface area contributed by atoms with Gasteiger partial charge in [0.15, 0.2) is 0 Å². The Morgan fingerprint density at radius 1 is 1.29 bits per heavy atom. The van der Waals surface area contributed by atoms with Gasteiger partial charge in [0, 0.05) is 39.8 Å². The molecule has 4 rings (SSSR count). The maximum atomic E-state index is 6.31. The molecule has 4 nitrogen and oxygen atoms in total. The van der Waals surface area contributed by atoms with E-state index in [1.165, 1.54) is 0 Å². The molecule has 2 aromatic heterocycles. The summed E-state index contributed by atoms with van der Waals surface area (Å²) in [5.41, 5.74) is 2.87. The SMILES string of the molecule is CCC1CC(c2ncc3cc(-c4ccccc4Cl)[nH]c3n2)CCN1. The zero-order valence-electron chi connectivity index (χ0n) is 13.7. The van der Waals surface area contributed by atoms with E-state index in [9.17, 15) is 0 Å². The van der Waals surface area contributed by atoms with Gasteiger partial charge in [-0.05, 0) is 37.9 Å². The topological polar surface area (TPSA) is 53.6 Å². The van der Waals surface area contributed by atoms with Crippen LogP contribution in [0.25, 0.3) is 22.3 Å². The fraction of sp³-hybridized carbons (Fsp3) is 0.368. The van der Waals surface area contributed by atoms with Crippen LogP contribution in [0.5, 0.6) is 0 Å². The number of aromatic nitrogens is 3.